The minimum Gasteiger partial charge on any atom is -0.332 e. The summed E-state index contributed by atoms with van der Waals surface area (Å²) in [5, 5.41) is 5.42. The van der Waals surface area contributed by atoms with Crippen LogP contribution in [0.1, 0.15) is 46.8 Å². The van der Waals surface area contributed by atoms with E-state index in [2.05, 4.69) is 35.0 Å². The number of rotatable bonds is 5. The minimum atomic E-state index is -0.215. The van der Waals surface area contributed by atoms with Gasteiger partial charge in [-0.15, -0.1) is 16.4 Å². The molecule has 7 heteroatoms. The molecule has 1 amide bonds. The fraction of sp³-hybridized carbons (Fsp3) is 0.273. The van der Waals surface area contributed by atoms with E-state index in [9.17, 15) is 4.79 Å². The fourth-order valence-corrected chi connectivity index (χ4v) is 4.33. The monoisotopic (exact) mass is 405 g/mol. The number of amides is 1. The Kier molecular flexibility index (Phi) is 5.15. The number of hydrogen-bond acceptors (Lipinski definition) is 5. The SMILES string of the molecule is Cc1nc(C(=O)N(C)Cc2nc3ccccc3s2)nn1-c1ccccc1C(C)C. The fourth-order valence-electron chi connectivity index (χ4n) is 3.31. The van der Waals surface area contributed by atoms with Crippen molar-refractivity contribution in [3.8, 4) is 5.69 Å². The summed E-state index contributed by atoms with van der Waals surface area (Å²) in [5.74, 6) is 1.02. The summed E-state index contributed by atoms with van der Waals surface area (Å²) in [7, 11) is 1.76. The van der Waals surface area contributed by atoms with Gasteiger partial charge >= 0.3 is 0 Å². The molecule has 29 heavy (non-hydrogen) atoms. The topological polar surface area (TPSA) is 63.9 Å². The number of fused-ring (bicyclic) bond motifs is 1. The van der Waals surface area contributed by atoms with Gasteiger partial charge in [0.25, 0.3) is 5.91 Å². The lowest BCUT2D eigenvalue weighted by Crippen LogP contribution is -2.27. The van der Waals surface area contributed by atoms with Gasteiger partial charge in [0.05, 0.1) is 22.4 Å². The molecule has 4 aromatic rings. The number of benzene rings is 2. The zero-order chi connectivity index (χ0) is 20.5. The van der Waals surface area contributed by atoms with E-state index in [1.165, 1.54) is 5.56 Å². The van der Waals surface area contributed by atoms with E-state index < -0.39 is 0 Å². The second-order valence-corrected chi connectivity index (χ2v) is 8.46. The predicted octanol–water partition coefficient (Wildman–Crippen LogP) is 4.58. The van der Waals surface area contributed by atoms with Crippen LogP contribution in [-0.4, -0.2) is 37.6 Å². The van der Waals surface area contributed by atoms with E-state index in [0.29, 0.717) is 18.3 Å². The summed E-state index contributed by atoms with van der Waals surface area (Å²) in [6, 6.07) is 16.1. The first kappa shape index (κ1) is 19.3. The minimum absolute atomic E-state index is 0.199. The zero-order valence-corrected chi connectivity index (χ0v) is 17.8. The Morgan fingerprint density at radius 1 is 1.10 bits per heavy atom. The van der Waals surface area contributed by atoms with Crippen LogP contribution >= 0.6 is 11.3 Å². The van der Waals surface area contributed by atoms with Crippen LogP contribution in [0.25, 0.3) is 15.9 Å². The van der Waals surface area contributed by atoms with Crippen LogP contribution in [0.15, 0.2) is 48.5 Å². The normalized spacial score (nSPS) is 11.3. The molecule has 2 heterocycles. The smallest absolute Gasteiger partial charge is 0.293 e. The highest BCUT2D eigenvalue weighted by atomic mass is 32.1. The van der Waals surface area contributed by atoms with Crippen molar-refractivity contribution in [3.63, 3.8) is 0 Å². The van der Waals surface area contributed by atoms with Gasteiger partial charge in [-0.3, -0.25) is 4.79 Å². The first-order valence-corrected chi connectivity index (χ1v) is 10.4. The van der Waals surface area contributed by atoms with E-state index in [1.54, 1.807) is 28.0 Å². The number of carbonyl (C=O) groups excluding carboxylic acids is 1. The number of nitrogens with zero attached hydrogens (tertiary/aromatic N) is 5. The Balaban J connectivity index is 1.59. The highest BCUT2D eigenvalue weighted by Crippen LogP contribution is 2.24. The molecule has 0 aliphatic rings. The standard InChI is InChI=1S/C22H23N5OS/c1-14(2)16-9-5-7-11-18(16)27-15(3)23-21(25-27)22(28)26(4)13-20-24-17-10-6-8-12-19(17)29-20/h5-12,14H,13H2,1-4H3. The van der Waals surface area contributed by atoms with Crippen LogP contribution in [0.4, 0.5) is 0 Å². The average molecular weight is 406 g/mol. The van der Waals surface area contributed by atoms with Gasteiger partial charge in [0.2, 0.25) is 5.82 Å². The third-order valence-electron chi connectivity index (χ3n) is 4.80. The molecule has 6 nitrogen and oxygen atoms in total. The van der Waals surface area contributed by atoms with Crippen molar-refractivity contribution in [2.75, 3.05) is 7.05 Å². The van der Waals surface area contributed by atoms with Gasteiger partial charge in [-0.2, -0.15) is 0 Å². The molecular weight excluding hydrogens is 382 g/mol. The molecule has 2 aromatic carbocycles. The van der Waals surface area contributed by atoms with Crippen molar-refractivity contribution in [2.45, 2.75) is 33.2 Å². The molecule has 4 rings (SSSR count). The lowest BCUT2D eigenvalue weighted by atomic mass is 10.0. The molecule has 0 unspecified atom stereocenters. The maximum atomic E-state index is 12.9. The summed E-state index contributed by atoms with van der Waals surface area (Å²) < 4.78 is 2.88. The lowest BCUT2D eigenvalue weighted by molar-refractivity contribution is 0.0773. The number of aryl methyl sites for hydroxylation is 1. The molecule has 0 N–H and O–H groups in total. The lowest BCUT2D eigenvalue weighted by Gasteiger charge is -2.14. The van der Waals surface area contributed by atoms with Gasteiger partial charge in [-0.1, -0.05) is 44.2 Å². The molecule has 0 fully saturated rings. The zero-order valence-electron chi connectivity index (χ0n) is 17.0. The van der Waals surface area contributed by atoms with Gasteiger partial charge in [-0.05, 0) is 36.6 Å². The number of thiazole rings is 1. The van der Waals surface area contributed by atoms with Crippen LogP contribution in [0.2, 0.25) is 0 Å². The number of aromatic nitrogens is 4. The van der Waals surface area contributed by atoms with Gasteiger partial charge in [-0.25, -0.2) is 14.6 Å². The van der Waals surface area contributed by atoms with Crippen LogP contribution in [0, 0.1) is 6.92 Å². The Hall–Kier alpha value is -3.06. The number of carbonyl (C=O) groups is 1. The molecular formula is C22H23N5OS. The third kappa shape index (κ3) is 3.78. The van der Waals surface area contributed by atoms with E-state index in [0.717, 1.165) is 20.9 Å². The van der Waals surface area contributed by atoms with Gasteiger partial charge < -0.3 is 4.90 Å². The van der Waals surface area contributed by atoms with E-state index in [-0.39, 0.29) is 11.7 Å². The second kappa shape index (κ2) is 7.75. The van der Waals surface area contributed by atoms with Gasteiger partial charge in [0, 0.05) is 7.05 Å². The average Bonchev–Trinajstić information content (AvgIpc) is 3.30. The summed E-state index contributed by atoms with van der Waals surface area (Å²) in [4.78, 5) is 23.6. The van der Waals surface area contributed by atoms with E-state index in [1.807, 2.05) is 49.4 Å². The van der Waals surface area contributed by atoms with Crippen molar-refractivity contribution in [1.82, 2.24) is 24.6 Å². The van der Waals surface area contributed by atoms with Crippen LogP contribution in [0.3, 0.4) is 0 Å². The highest BCUT2D eigenvalue weighted by Gasteiger charge is 2.21. The Labute approximate surface area is 173 Å². The maximum absolute atomic E-state index is 12.9. The molecule has 0 saturated carbocycles. The van der Waals surface area contributed by atoms with Crippen molar-refractivity contribution >= 4 is 27.5 Å². The molecule has 148 valence electrons. The number of hydrogen-bond donors (Lipinski definition) is 0. The summed E-state index contributed by atoms with van der Waals surface area (Å²) in [6.45, 7) is 6.58. The summed E-state index contributed by atoms with van der Waals surface area (Å²) in [6.07, 6.45) is 0. The molecule has 0 spiro atoms. The molecule has 0 aliphatic heterocycles. The molecule has 0 bridgehead atoms. The third-order valence-corrected chi connectivity index (χ3v) is 5.83. The van der Waals surface area contributed by atoms with Crippen LogP contribution in [0.5, 0.6) is 0 Å². The second-order valence-electron chi connectivity index (χ2n) is 7.34. The van der Waals surface area contributed by atoms with Crippen molar-refractivity contribution in [2.24, 2.45) is 0 Å². The van der Waals surface area contributed by atoms with Gasteiger partial charge in [0.1, 0.15) is 10.8 Å². The molecule has 0 saturated heterocycles. The van der Waals surface area contributed by atoms with E-state index >= 15 is 0 Å². The summed E-state index contributed by atoms with van der Waals surface area (Å²) in [5.41, 5.74) is 3.08. The van der Waals surface area contributed by atoms with E-state index in [4.69, 9.17) is 0 Å². The maximum Gasteiger partial charge on any atom is 0.293 e. The van der Waals surface area contributed by atoms with Crippen LogP contribution < -0.4 is 0 Å². The Morgan fingerprint density at radius 3 is 2.59 bits per heavy atom. The highest BCUT2D eigenvalue weighted by molar-refractivity contribution is 7.18. The van der Waals surface area contributed by atoms with Crippen LogP contribution in [-0.2, 0) is 6.54 Å². The quantitative estimate of drug-likeness (QED) is 0.487. The Bertz CT molecular complexity index is 1140. The molecule has 2 aromatic heterocycles. The van der Waals surface area contributed by atoms with Gasteiger partial charge in [0.15, 0.2) is 0 Å². The predicted molar refractivity (Wildman–Crippen MR) is 116 cm³/mol. The molecule has 0 atom stereocenters. The Morgan fingerprint density at radius 2 is 1.83 bits per heavy atom. The molecule has 0 radical (unpaired) electrons. The summed E-state index contributed by atoms with van der Waals surface area (Å²) >= 11 is 1.60. The number of para-hydroxylation sites is 2. The largest absolute Gasteiger partial charge is 0.332 e. The first-order valence-electron chi connectivity index (χ1n) is 9.57. The van der Waals surface area contributed by atoms with Crippen molar-refractivity contribution in [3.05, 3.63) is 70.8 Å². The van der Waals surface area contributed by atoms with Crippen molar-refractivity contribution in [1.29, 1.82) is 0 Å². The molecule has 0 aliphatic carbocycles. The van der Waals surface area contributed by atoms with Crippen molar-refractivity contribution < 1.29 is 4.79 Å². The first-order chi connectivity index (χ1) is 13.9.